The van der Waals surface area contributed by atoms with Crippen molar-refractivity contribution in [1.29, 1.82) is 0 Å². The Bertz CT molecular complexity index is 259. The van der Waals surface area contributed by atoms with Crippen LogP contribution in [0.5, 0.6) is 0 Å². The molecule has 0 bridgehead atoms. The van der Waals surface area contributed by atoms with Crippen LogP contribution in [0.3, 0.4) is 0 Å². The molecule has 84 valence electrons. The molecule has 0 heterocycles. The molecule has 1 saturated carbocycles. The van der Waals surface area contributed by atoms with Gasteiger partial charge in [-0.1, -0.05) is 0 Å². The molecule has 0 spiro atoms. The van der Waals surface area contributed by atoms with E-state index in [9.17, 15) is 8.42 Å². The minimum atomic E-state index is -3.29. The lowest BCUT2D eigenvalue weighted by Crippen LogP contribution is -2.48. The topological polar surface area (TPSA) is 75.6 Å². The molecule has 1 aliphatic rings. The average Bonchev–Trinajstić information content (AvgIpc) is 2.00. The van der Waals surface area contributed by atoms with Crippen LogP contribution in [0, 0.1) is 0 Å². The van der Waals surface area contributed by atoms with Gasteiger partial charge in [-0.25, -0.2) is 13.1 Å². The molecule has 0 amide bonds. The summed E-state index contributed by atoms with van der Waals surface area (Å²) >= 11 is 0. The van der Waals surface area contributed by atoms with Crippen molar-refractivity contribution in [2.45, 2.75) is 31.9 Å². The molecule has 0 saturated heterocycles. The van der Waals surface area contributed by atoms with Crippen LogP contribution < -0.4 is 4.72 Å². The molecule has 14 heavy (non-hydrogen) atoms. The second-order valence-electron chi connectivity index (χ2n) is 3.41. The molecule has 1 aliphatic carbocycles. The molecule has 1 rings (SSSR count). The average molecular weight is 223 g/mol. The molecule has 5 nitrogen and oxygen atoms in total. The van der Waals surface area contributed by atoms with Crippen molar-refractivity contribution in [2.75, 3.05) is 19.0 Å². The minimum absolute atomic E-state index is 0.0110. The Labute approximate surface area is 84.5 Å². The van der Waals surface area contributed by atoms with E-state index in [0.29, 0.717) is 6.61 Å². The molecule has 2 N–H and O–H groups in total. The molecule has 0 aliphatic heterocycles. The Morgan fingerprint density at radius 2 is 2.14 bits per heavy atom. The third kappa shape index (κ3) is 3.53. The lowest BCUT2D eigenvalue weighted by molar-refractivity contribution is -0.00476. The van der Waals surface area contributed by atoms with E-state index in [1.165, 1.54) is 0 Å². The fraction of sp³-hybridized carbons (Fsp3) is 1.00. The highest BCUT2D eigenvalue weighted by molar-refractivity contribution is 7.89. The van der Waals surface area contributed by atoms with E-state index in [0.717, 1.165) is 12.8 Å². The second-order valence-corrected chi connectivity index (χ2v) is 5.28. The van der Waals surface area contributed by atoms with Crippen molar-refractivity contribution in [2.24, 2.45) is 0 Å². The highest BCUT2D eigenvalue weighted by atomic mass is 32.2. The van der Waals surface area contributed by atoms with Gasteiger partial charge in [0.05, 0.1) is 18.5 Å². The Kier molecular flexibility index (Phi) is 4.31. The van der Waals surface area contributed by atoms with Gasteiger partial charge in [0.1, 0.15) is 0 Å². The number of ether oxygens (including phenoxy) is 1. The molecule has 0 unspecified atom stereocenters. The summed E-state index contributed by atoms with van der Waals surface area (Å²) in [5.74, 6) is -0.219. The van der Waals surface area contributed by atoms with E-state index < -0.39 is 10.0 Å². The largest absolute Gasteiger partial charge is 0.395 e. The first-order chi connectivity index (χ1) is 6.57. The first-order valence-corrected chi connectivity index (χ1v) is 6.45. The van der Waals surface area contributed by atoms with E-state index in [1.807, 2.05) is 6.92 Å². The Morgan fingerprint density at radius 1 is 1.50 bits per heavy atom. The monoisotopic (exact) mass is 223 g/mol. The summed E-state index contributed by atoms with van der Waals surface area (Å²) in [4.78, 5) is 0. The molecule has 1 fully saturated rings. The van der Waals surface area contributed by atoms with Gasteiger partial charge in [-0.15, -0.1) is 0 Å². The van der Waals surface area contributed by atoms with Crippen LogP contribution in [0.2, 0.25) is 0 Å². The summed E-state index contributed by atoms with van der Waals surface area (Å²) < 4.78 is 30.2. The van der Waals surface area contributed by atoms with Gasteiger partial charge in [-0.05, 0) is 19.8 Å². The molecular formula is C8H17NO4S. The number of aliphatic hydroxyl groups excluding tert-OH is 1. The minimum Gasteiger partial charge on any atom is -0.395 e. The number of sulfonamides is 1. The van der Waals surface area contributed by atoms with E-state index in [-0.39, 0.29) is 24.5 Å². The number of nitrogens with one attached hydrogen (secondary N) is 1. The van der Waals surface area contributed by atoms with Crippen molar-refractivity contribution < 1.29 is 18.3 Å². The third-order valence-corrected chi connectivity index (χ3v) is 3.62. The normalized spacial score (nSPS) is 27.3. The van der Waals surface area contributed by atoms with Crippen LogP contribution in [0.15, 0.2) is 0 Å². The van der Waals surface area contributed by atoms with Crippen LogP contribution in [0.25, 0.3) is 0 Å². The standard InChI is InChI=1S/C8H17NO4S/c1-2-13-8-5-7(6-8)9-14(11,12)4-3-10/h7-10H,2-6H2,1H3. The van der Waals surface area contributed by atoms with Gasteiger partial charge in [0.25, 0.3) is 0 Å². The highest BCUT2D eigenvalue weighted by Crippen LogP contribution is 2.23. The van der Waals surface area contributed by atoms with E-state index in [1.54, 1.807) is 0 Å². The summed E-state index contributed by atoms with van der Waals surface area (Å²) in [5.41, 5.74) is 0. The zero-order valence-electron chi connectivity index (χ0n) is 8.27. The van der Waals surface area contributed by atoms with Crippen LogP contribution in [-0.4, -0.2) is 44.6 Å². The van der Waals surface area contributed by atoms with Gasteiger partial charge in [0.2, 0.25) is 10.0 Å². The van der Waals surface area contributed by atoms with E-state index in [4.69, 9.17) is 9.84 Å². The summed E-state index contributed by atoms with van der Waals surface area (Å²) in [5, 5.41) is 8.50. The van der Waals surface area contributed by atoms with Crippen LogP contribution >= 0.6 is 0 Å². The highest BCUT2D eigenvalue weighted by Gasteiger charge is 2.32. The number of hydrogen-bond acceptors (Lipinski definition) is 4. The van der Waals surface area contributed by atoms with Crippen LogP contribution in [0.4, 0.5) is 0 Å². The Morgan fingerprint density at radius 3 is 2.64 bits per heavy atom. The maximum Gasteiger partial charge on any atom is 0.214 e. The predicted molar refractivity (Wildman–Crippen MR) is 52.4 cm³/mol. The fourth-order valence-electron chi connectivity index (χ4n) is 1.47. The van der Waals surface area contributed by atoms with Gasteiger partial charge in [-0.2, -0.15) is 0 Å². The first-order valence-electron chi connectivity index (χ1n) is 4.80. The van der Waals surface area contributed by atoms with Crippen molar-refractivity contribution in [3.63, 3.8) is 0 Å². The van der Waals surface area contributed by atoms with Crippen LogP contribution in [0.1, 0.15) is 19.8 Å². The maximum atomic E-state index is 11.2. The van der Waals surface area contributed by atoms with Crippen molar-refractivity contribution >= 4 is 10.0 Å². The molecule has 0 aromatic carbocycles. The maximum absolute atomic E-state index is 11.2. The van der Waals surface area contributed by atoms with Crippen molar-refractivity contribution in [1.82, 2.24) is 4.72 Å². The van der Waals surface area contributed by atoms with Gasteiger partial charge < -0.3 is 9.84 Å². The Balaban J connectivity index is 2.22. The summed E-state index contributed by atoms with van der Waals surface area (Å²) in [7, 11) is -3.29. The predicted octanol–water partition coefficient (Wildman–Crippen LogP) is -0.534. The summed E-state index contributed by atoms with van der Waals surface area (Å²) in [6.07, 6.45) is 1.67. The van der Waals surface area contributed by atoms with Crippen LogP contribution in [-0.2, 0) is 14.8 Å². The molecule has 0 aromatic rings. The number of aliphatic hydroxyl groups is 1. The molecule has 0 aromatic heterocycles. The zero-order valence-corrected chi connectivity index (χ0v) is 9.09. The SMILES string of the molecule is CCOC1CC(NS(=O)(=O)CCO)C1. The summed E-state index contributed by atoms with van der Waals surface area (Å²) in [6.45, 7) is 2.25. The number of rotatable bonds is 6. The van der Waals surface area contributed by atoms with Crippen molar-refractivity contribution in [3.05, 3.63) is 0 Å². The zero-order chi connectivity index (χ0) is 10.6. The number of hydrogen-bond donors (Lipinski definition) is 2. The molecule has 6 heteroatoms. The lowest BCUT2D eigenvalue weighted by atomic mass is 9.90. The lowest BCUT2D eigenvalue weighted by Gasteiger charge is -2.34. The first kappa shape index (κ1) is 11.9. The van der Waals surface area contributed by atoms with E-state index >= 15 is 0 Å². The van der Waals surface area contributed by atoms with Gasteiger partial charge in [-0.3, -0.25) is 0 Å². The van der Waals surface area contributed by atoms with E-state index in [2.05, 4.69) is 4.72 Å². The third-order valence-electron chi connectivity index (χ3n) is 2.20. The fourth-order valence-corrected chi connectivity index (χ4v) is 2.53. The van der Waals surface area contributed by atoms with Gasteiger partial charge in [0.15, 0.2) is 0 Å². The van der Waals surface area contributed by atoms with Gasteiger partial charge in [0, 0.05) is 12.6 Å². The smallest absolute Gasteiger partial charge is 0.214 e. The molecule has 0 radical (unpaired) electrons. The molecular weight excluding hydrogens is 206 g/mol. The molecule has 0 atom stereocenters. The second kappa shape index (κ2) is 5.06. The summed E-state index contributed by atoms with van der Waals surface area (Å²) in [6, 6.07) is -0.0110. The van der Waals surface area contributed by atoms with Gasteiger partial charge >= 0.3 is 0 Å². The Hall–Kier alpha value is -0.170. The van der Waals surface area contributed by atoms with Crippen molar-refractivity contribution in [3.8, 4) is 0 Å². The quantitative estimate of drug-likeness (QED) is 0.634.